The summed E-state index contributed by atoms with van der Waals surface area (Å²) in [6.45, 7) is 0.822. The van der Waals surface area contributed by atoms with Crippen LogP contribution in [0.3, 0.4) is 0 Å². The van der Waals surface area contributed by atoms with Gasteiger partial charge in [-0.25, -0.2) is 4.79 Å². The van der Waals surface area contributed by atoms with Gasteiger partial charge < -0.3 is 15.0 Å². The number of hydrogen-bond donors (Lipinski definition) is 1. The van der Waals surface area contributed by atoms with Gasteiger partial charge in [0.1, 0.15) is 6.54 Å². The second-order valence-corrected chi connectivity index (χ2v) is 5.87. The maximum atomic E-state index is 12.9. The molecule has 1 N–H and O–H groups in total. The first-order chi connectivity index (χ1) is 11.5. The number of carboxylic acids is 1. The van der Waals surface area contributed by atoms with Gasteiger partial charge in [-0.05, 0) is 31.3 Å². The molecule has 1 atom stereocenters. The van der Waals surface area contributed by atoms with Crippen LogP contribution in [0.5, 0.6) is 0 Å². The predicted molar refractivity (Wildman–Crippen MR) is 89.5 cm³/mol. The summed E-state index contributed by atoms with van der Waals surface area (Å²) >= 11 is 0. The van der Waals surface area contributed by atoms with E-state index in [0.29, 0.717) is 18.8 Å². The van der Waals surface area contributed by atoms with Gasteiger partial charge in [-0.1, -0.05) is 12.1 Å². The molecule has 0 bridgehead atoms. The molecule has 0 saturated carbocycles. The molecule has 7 nitrogen and oxygen atoms in total. The predicted octanol–water partition coefficient (Wildman–Crippen LogP) is 1.51. The minimum atomic E-state index is -1.10. The van der Waals surface area contributed by atoms with E-state index in [1.165, 1.54) is 0 Å². The lowest BCUT2D eigenvalue weighted by molar-refractivity contribution is -0.886. The molecule has 2 aromatic rings. The zero-order valence-electron chi connectivity index (χ0n) is 13.7. The highest BCUT2D eigenvalue weighted by Crippen LogP contribution is 2.12. The molecule has 0 spiro atoms. The maximum absolute atomic E-state index is 12.9. The van der Waals surface area contributed by atoms with Crippen molar-refractivity contribution < 1.29 is 14.5 Å². The Morgan fingerprint density at radius 1 is 1.17 bits per heavy atom. The Morgan fingerprint density at radius 2 is 1.79 bits per heavy atom. The Hall–Kier alpha value is -2.35. The number of quaternary nitrogens is 1. The molecule has 128 valence electrons. The molecule has 2 heterocycles. The fourth-order valence-electron chi connectivity index (χ4n) is 2.45. The number of aromatic nitrogens is 2. The van der Waals surface area contributed by atoms with Crippen LogP contribution in [0.25, 0.3) is 0 Å². The normalized spacial score (nSPS) is 13.6. The summed E-state index contributed by atoms with van der Waals surface area (Å²) in [6, 6.07) is 11.0. The van der Waals surface area contributed by atoms with Gasteiger partial charge in [0.05, 0.1) is 17.9 Å². The van der Waals surface area contributed by atoms with Crippen LogP contribution in [0.4, 0.5) is 0 Å². The fraction of sp³-hybridized carbons (Fsp3) is 0.353. The summed E-state index contributed by atoms with van der Waals surface area (Å²) in [4.78, 5) is 21.4. The van der Waals surface area contributed by atoms with Crippen molar-refractivity contribution in [1.82, 2.24) is 14.9 Å². The third kappa shape index (κ3) is 6.04. The van der Waals surface area contributed by atoms with Crippen molar-refractivity contribution in [1.29, 1.82) is 0 Å². The van der Waals surface area contributed by atoms with E-state index < -0.39 is 17.2 Å². The van der Waals surface area contributed by atoms with E-state index in [1.807, 2.05) is 30.1 Å². The zero-order valence-corrected chi connectivity index (χ0v) is 13.7. The molecule has 0 aliphatic carbocycles. The largest absolute Gasteiger partial charge is 0.632 e. The summed E-state index contributed by atoms with van der Waals surface area (Å²) in [5.41, 5.74) is 1.51. The number of rotatable bonds is 9. The summed E-state index contributed by atoms with van der Waals surface area (Å²) in [6.07, 6.45) is 3.33. The molecule has 1 unspecified atom stereocenters. The number of hydroxylamine groups is 3. The van der Waals surface area contributed by atoms with Gasteiger partial charge in [-0.15, -0.1) is 0 Å². The molecule has 2 aromatic heterocycles. The number of aliphatic carboxylic acids is 1. The van der Waals surface area contributed by atoms with Crippen LogP contribution in [0.1, 0.15) is 11.4 Å². The summed E-state index contributed by atoms with van der Waals surface area (Å²) in [5.74, 6) is -1.10. The highest BCUT2D eigenvalue weighted by Gasteiger charge is 2.23. The highest BCUT2D eigenvalue weighted by atomic mass is 16.5. The SMILES string of the molecule is CN(CC[N+]([O-])(CC(=O)O)Cc1ccccn1)Cc1ccccn1. The van der Waals surface area contributed by atoms with Crippen molar-refractivity contribution >= 4 is 5.97 Å². The van der Waals surface area contributed by atoms with Crippen LogP contribution < -0.4 is 0 Å². The van der Waals surface area contributed by atoms with Crippen LogP contribution in [-0.2, 0) is 17.9 Å². The van der Waals surface area contributed by atoms with Crippen molar-refractivity contribution in [3.05, 3.63) is 65.4 Å². The van der Waals surface area contributed by atoms with Crippen molar-refractivity contribution in [2.75, 3.05) is 26.7 Å². The Morgan fingerprint density at radius 3 is 2.33 bits per heavy atom. The Bertz CT molecular complexity index is 639. The molecule has 0 amide bonds. The van der Waals surface area contributed by atoms with E-state index >= 15 is 0 Å². The van der Waals surface area contributed by atoms with Crippen LogP contribution >= 0.6 is 0 Å². The first-order valence-corrected chi connectivity index (χ1v) is 7.74. The van der Waals surface area contributed by atoms with Crippen LogP contribution in [-0.4, -0.2) is 57.3 Å². The molecule has 0 saturated heterocycles. The average molecular weight is 330 g/mol. The lowest BCUT2D eigenvalue weighted by Gasteiger charge is -2.41. The summed E-state index contributed by atoms with van der Waals surface area (Å²) < 4.78 is -0.834. The lowest BCUT2D eigenvalue weighted by atomic mass is 10.3. The third-order valence-corrected chi connectivity index (χ3v) is 3.65. The van der Waals surface area contributed by atoms with Crippen LogP contribution in [0.2, 0.25) is 0 Å². The standard InChI is InChI=1S/C17H22N4O3/c1-20(12-15-6-2-4-8-18-15)10-11-21(24,14-17(22)23)13-16-7-3-5-9-19-16/h2-9H,10-14H2,1H3,(H,22,23). The third-order valence-electron chi connectivity index (χ3n) is 3.65. The number of hydrogen-bond acceptors (Lipinski definition) is 5. The number of likely N-dealkylation sites (N-methyl/N-ethyl adjacent to an activating group) is 1. The summed E-state index contributed by atoms with van der Waals surface area (Å²) in [7, 11) is 1.89. The van der Waals surface area contributed by atoms with Crippen molar-refractivity contribution in [3.8, 4) is 0 Å². The van der Waals surface area contributed by atoms with Gasteiger partial charge in [0, 0.05) is 25.5 Å². The molecule has 0 radical (unpaired) electrons. The Balaban J connectivity index is 1.96. The first kappa shape index (κ1) is 18.0. The monoisotopic (exact) mass is 330 g/mol. The molecular weight excluding hydrogens is 308 g/mol. The molecule has 0 aliphatic rings. The highest BCUT2D eigenvalue weighted by molar-refractivity contribution is 5.68. The van der Waals surface area contributed by atoms with Crippen molar-refractivity contribution in [2.45, 2.75) is 13.1 Å². The minimum absolute atomic E-state index is 0.0462. The molecule has 0 aliphatic heterocycles. The maximum Gasteiger partial charge on any atom is 0.359 e. The van der Waals surface area contributed by atoms with Crippen molar-refractivity contribution in [2.24, 2.45) is 0 Å². The number of nitrogens with zero attached hydrogens (tertiary/aromatic N) is 4. The van der Waals surface area contributed by atoms with Gasteiger partial charge in [-0.3, -0.25) is 14.9 Å². The molecule has 0 fully saturated rings. The van der Waals surface area contributed by atoms with E-state index in [0.717, 1.165) is 5.69 Å². The number of carbonyl (C=O) groups is 1. The van der Waals surface area contributed by atoms with E-state index in [-0.39, 0.29) is 13.1 Å². The van der Waals surface area contributed by atoms with E-state index in [4.69, 9.17) is 5.11 Å². The van der Waals surface area contributed by atoms with E-state index in [9.17, 15) is 10.0 Å². The minimum Gasteiger partial charge on any atom is -0.632 e. The topological polar surface area (TPSA) is 89.4 Å². The van der Waals surface area contributed by atoms with Gasteiger partial charge in [0.25, 0.3) is 0 Å². The number of pyridine rings is 2. The van der Waals surface area contributed by atoms with Crippen LogP contribution in [0, 0.1) is 5.21 Å². The van der Waals surface area contributed by atoms with Gasteiger partial charge in [-0.2, -0.15) is 0 Å². The smallest absolute Gasteiger partial charge is 0.359 e. The van der Waals surface area contributed by atoms with Gasteiger partial charge >= 0.3 is 5.97 Å². The average Bonchev–Trinajstić information content (AvgIpc) is 2.54. The molecule has 2 rings (SSSR count). The Kier molecular flexibility index (Phi) is 6.36. The summed E-state index contributed by atoms with van der Waals surface area (Å²) in [5, 5.41) is 22.0. The zero-order chi connectivity index (χ0) is 17.4. The van der Waals surface area contributed by atoms with Crippen molar-refractivity contribution in [3.63, 3.8) is 0 Å². The molecule has 24 heavy (non-hydrogen) atoms. The first-order valence-electron chi connectivity index (χ1n) is 7.74. The van der Waals surface area contributed by atoms with Crippen LogP contribution in [0.15, 0.2) is 48.8 Å². The number of carboxylic acid groups (broad SMARTS) is 1. The van der Waals surface area contributed by atoms with E-state index in [1.54, 1.807) is 30.6 Å². The van der Waals surface area contributed by atoms with Gasteiger partial charge in [0.2, 0.25) is 0 Å². The van der Waals surface area contributed by atoms with Gasteiger partial charge in [0.15, 0.2) is 6.54 Å². The molecule has 0 aromatic carbocycles. The fourth-order valence-corrected chi connectivity index (χ4v) is 2.45. The molecular formula is C17H22N4O3. The van der Waals surface area contributed by atoms with E-state index in [2.05, 4.69) is 9.97 Å². The lowest BCUT2D eigenvalue weighted by Crippen LogP contribution is -2.49. The molecule has 7 heteroatoms. The quantitative estimate of drug-likeness (QED) is 0.554. The second kappa shape index (κ2) is 8.49. The second-order valence-electron chi connectivity index (χ2n) is 5.87. The Labute approximate surface area is 141 Å².